The summed E-state index contributed by atoms with van der Waals surface area (Å²) in [4.78, 5) is 9.09. The van der Waals surface area contributed by atoms with E-state index in [1.165, 1.54) is 0 Å². The SMILES string of the molecule is CC1CCC(c2nc(N)c(I)c(C(C)(C)C)n2)O1. The van der Waals surface area contributed by atoms with Gasteiger partial charge in [-0.25, -0.2) is 9.97 Å². The molecule has 4 nitrogen and oxygen atoms in total. The lowest BCUT2D eigenvalue weighted by Crippen LogP contribution is -2.20. The molecule has 0 aromatic carbocycles. The molecule has 1 aromatic heterocycles. The van der Waals surface area contributed by atoms with Crippen molar-refractivity contribution in [1.29, 1.82) is 0 Å². The van der Waals surface area contributed by atoms with Gasteiger partial charge in [-0.05, 0) is 42.4 Å². The van der Waals surface area contributed by atoms with E-state index in [2.05, 4.69) is 55.3 Å². The Morgan fingerprint density at radius 1 is 1.28 bits per heavy atom. The first-order chi connectivity index (χ1) is 8.29. The number of rotatable bonds is 1. The average molecular weight is 361 g/mol. The number of ether oxygens (including phenoxy) is 1. The molecule has 18 heavy (non-hydrogen) atoms. The van der Waals surface area contributed by atoms with Crippen LogP contribution in [0.5, 0.6) is 0 Å². The zero-order valence-corrected chi connectivity index (χ0v) is 13.5. The predicted molar refractivity (Wildman–Crippen MR) is 80.4 cm³/mol. The van der Waals surface area contributed by atoms with Gasteiger partial charge in [0.25, 0.3) is 0 Å². The summed E-state index contributed by atoms with van der Waals surface area (Å²) < 4.78 is 6.78. The van der Waals surface area contributed by atoms with Crippen LogP contribution >= 0.6 is 22.6 Å². The fraction of sp³-hybridized carbons (Fsp3) is 0.692. The minimum absolute atomic E-state index is 0.000370. The largest absolute Gasteiger partial charge is 0.383 e. The molecule has 0 amide bonds. The standard InChI is InChI=1S/C13H20IN3O/c1-7-5-6-8(18-7)12-16-10(13(2,3)4)9(14)11(15)17-12/h7-8H,5-6H2,1-4H3,(H2,15,16,17). The molecule has 1 aliphatic heterocycles. The molecule has 1 aromatic rings. The average Bonchev–Trinajstić information content (AvgIpc) is 2.67. The van der Waals surface area contributed by atoms with Crippen molar-refractivity contribution < 1.29 is 4.74 Å². The van der Waals surface area contributed by atoms with Crippen LogP contribution in [-0.2, 0) is 10.2 Å². The van der Waals surface area contributed by atoms with Crippen molar-refractivity contribution in [2.45, 2.75) is 58.2 Å². The van der Waals surface area contributed by atoms with Gasteiger partial charge in [0.05, 0.1) is 15.4 Å². The van der Waals surface area contributed by atoms with Gasteiger partial charge in [0.2, 0.25) is 0 Å². The van der Waals surface area contributed by atoms with Crippen LogP contribution in [0.15, 0.2) is 0 Å². The zero-order valence-electron chi connectivity index (χ0n) is 11.3. The second-order valence-corrected chi connectivity index (χ2v) is 6.97. The summed E-state index contributed by atoms with van der Waals surface area (Å²) in [5.41, 5.74) is 6.98. The van der Waals surface area contributed by atoms with Gasteiger partial charge >= 0.3 is 0 Å². The van der Waals surface area contributed by atoms with Gasteiger partial charge in [0.1, 0.15) is 11.9 Å². The first-order valence-electron chi connectivity index (χ1n) is 6.28. The second-order valence-electron chi connectivity index (χ2n) is 5.89. The molecular weight excluding hydrogens is 341 g/mol. The van der Waals surface area contributed by atoms with E-state index in [0.717, 1.165) is 27.9 Å². The fourth-order valence-electron chi connectivity index (χ4n) is 2.12. The van der Waals surface area contributed by atoms with Crippen LogP contribution in [0.25, 0.3) is 0 Å². The molecule has 1 aliphatic rings. The third kappa shape index (κ3) is 2.77. The van der Waals surface area contributed by atoms with Gasteiger partial charge in [-0.15, -0.1) is 0 Å². The molecule has 1 fully saturated rings. The second kappa shape index (κ2) is 4.92. The third-order valence-electron chi connectivity index (χ3n) is 3.12. The zero-order chi connectivity index (χ0) is 13.5. The number of nitrogen functional groups attached to an aromatic ring is 1. The number of halogens is 1. The van der Waals surface area contributed by atoms with Crippen molar-refractivity contribution in [2.24, 2.45) is 0 Å². The maximum atomic E-state index is 6.01. The number of hydrogen-bond donors (Lipinski definition) is 1. The van der Waals surface area contributed by atoms with E-state index < -0.39 is 0 Å². The van der Waals surface area contributed by atoms with Crippen LogP contribution in [0.3, 0.4) is 0 Å². The van der Waals surface area contributed by atoms with Crippen LogP contribution in [-0.4, -0.2) is 16.1 Å². The summed E-state index contributed by atoms with van der Waals surface area (Å²) in [6, 6.07) is 0. The van der Waals surface area contributed by atoms with Crippen LogP contribution in [0.4, 0.5) is 5.82 Å². The molecule has 2 rings (SSSR count). The number of nitrogens with zero attached hydrogens (tertiary/aromatic N) is 2. The van der Waals surface area contributed by atoms with E-state index in [-0.39, 0.29) is 17.6 Å². The molecule has 0 bridgehead atoms. The molecule has 5 heteroatoms. The maximum Gasteiger partial charge on any atom is 0.159 e. The lowest BCUT2D eigenvalue weighted by molar-refractivity contribution is 0.0501. The monoisotopic (exact) mass is 361 g/mol. The van der Waals surface area contributed by atoms with E-state index in [1.807, 2.05) is 0 Å². The molecule has 1 saturated heterocycles. The topological polar surface area (TPSA) is 61.0 Å². The van der Waals surface area contributed by atoms with E-state index >= 15 is 0 Å². The van der Waals surface area contributed by atoms with Gasteiger partial charge < -0.3 is 10.5 Å². The molecular formula is C13H20IN3O. The third-order valence-corrected chi connectivity index (χ3v) is 4.19. The van der Waals surface area contributed by atoms with E-state index in [0.29, 0.717) is 5.82 Å². The number of anilines is 1. The van der Waals surface area contributed by atoms with Crippen molar-refractivity contribution in [3.8, 4) is 0 Å². The molecule has 2 unspecified atom stereocenters. The highest BCUT2D eigenvalue weighted by molar-refractivity contribution is 14.1. The highest BCUT2D eigenvalue weighted by Gasteiger charge is 2.29. The van der Waals surface area contributed by atoms with Gasteiger partial charge in [0, 0.05) is 5.41 Å². The molecule has 0 radical (unpaired) electrons. The van der Waals surface area contributed by atoms with Crippen molar-refractivity contribution >= 4 is 28.4 Å². The van der Waals surface area contributed by atoms with Gasteiger partial charge in [-0.3, -0.25) is 0 Å². The summed E-state index contributed by atoms with van der Waals surface area (Å²) in [6.45, 7) is 8.50. The quantitative estimate of drug-likeness (QED) is 0.781. The smallest absolute Gasteiger partial charge is 0.159 e. The lowest BCUT2D eigenvalue weighted by Gasteiger charge is -2.22. The highest BCUT2D eigenvalue weighted by atomic mass is 127. The fourth-order valence-corrected chi connectivity index (χ4v) is 3.17. The van der Waals surface area contributed by atoms with Crippen molar-refractivity contribution in [2.75, 3.05) is 5.73 Å². The van der Waals surface area contributed by atoms with Gasteiger partial charge in [-0.2, -0.15) is 0 Å². The Labute approximate surface area is 122 Å². The molecule has 2 N–H and O–H groups in total. The van der Waals surface area contributed by atoms with Crippen molar-refractivity contribution in [1.82, 2.24) is 9.97 Å². The Morgan fingerprint density at radius 3 is 2.44 bits per heavy atom. The Bertz CT molecular complexity index is 456. The molecule has 0 spiro atoms. The summed E-state index contributed by atoms with van der Waals surface area (Å²) in [6.07, 6.45) is 2.33. The Kier molecular flexibility index (Phi) is 3.82. The molecule has 0 aliphatic carbocycles. The van der Waals surface area contributed by atoms with E-state index in [9.17, 15) is 0 Å². The van der Waals surface area contributed by atoms with Gasteiger partial charge in [0.15, 0.2) is 5.82 Å². The maximum absolute atomic E-state index is 6.01. The number of hydrogen-bond acceptors (Lipinski definition) is 4. The minimum Gasteiger partial charge on any atom is -0.383 e. The van der Waals surface area contributed by atoms with Crippen LogP contribution < -0.4 is 5.73 Å². The minimum atomic E-state index is -0.0352. The summed E-state index contributed by atoms with van der Waals surface area (Å²) in [5, 5.41) is 0. The highest BCUT2D eigenvalue weighted by Crippen LogP contribution is 2.34. The van der Waals surface area contributed by atoms with Crippen LogP contribution in [0, 0.1) is 3.57 Å². The van der Waals surface area contributed by atoms with E-state index in [4.69, 9.17) is 15.5 Å². The first-order valence-corrected chi connectivity index (χ1v) is 7.35. The predicted octanol–water partition coefficient (Wildman–Crippen LogP) is 3.20. The number of nitrogens with two attached hydrogens (primary N) is 1. The van der Waals surface area contributed by atoms with Crippen molar-refractivity contribution in [3.05, 3.63) is 15.1 Å². The first kappa shape index (κ1) is 14.0. The normalized spacial score (nSPS) is 24.5. The van der Waals surface area contributed by atoms with Crippen LogP contribution in [0.2, 0.25) is 0 Å². The molecule has 0 saturated carbocycles. The molecule has 2 atom stereocenters. The summed E-state index contributed by atoms with van der Waals surface area (Å²) >= 11 is 2.22. The Balaban J connectivity index is 2.41. The van der Waals surface area contributed by atoms with E-state index in [1.54, 1.807) is 0 Å². The van der Waals surface area contributed by atoms with Crippen LogP contribution in [0.1, 0.15) is 58.2 Å². The summed E-state index contributed by atoms with van der Waals surface area (Å²) in [5.74, 6) is 1.30. The molecule has 100 valence electrons. The van der Waals surface area contributed by atoms with Crippen molar-refractivity contribution in [3.63, 3.8) is 0 Å². The molecule has 2 heterocycles. The Morgan fingerprint density at radius 2 is 1.94 bits per heavy atom. The Hall–Kier alpha value is -0.430. The summed E-state index contributed by atoms with van der Waals surface area (Å²) in [7, 11) is 0. The lowest BCUT2D eigenvalue weighted by atomic mass is 9.92. The number of aromatic nitrogens is 2. The van der Waals surface area contributed by atoms with Gasteiger partial charge in [-0.1, -0.05) is 20.8 Å².